The molecule has 5 heteroatoms. The molecule has 2 heterocycles. The Morgan fingerprint density at radius 1 is 0.600 bits per heavy atom. The predicted octanol–water partition coefficient (Wildman–Crippen LogP) is 7.82. The molecule has 2 nitrogen and oxygen atoms in total. The van der Waals surface area contributed by atoms with Gasteiger partial charge in [-0.25, -0.2) is 13.2 Å². The van der Waals surface area contributed by atoms with Gasteiger partial charge in [-0.05, 0) is 116 Å². The molecule has 192 valence electrons. The van der Waals surface area contributed by atoms with E-state index in [1.165, 1.54) is 6.07 Å². The van der Waals surface area contributed by atoms with E-state index in [-0.39, 0.29) is 45.4 Å². The standard InChI is InChI=1S/C30H41F3N2/c1-27(2)14-19(15-28(3,4)34-27)21-10-9-18(13-24(21)31)22-11-12-23(26(33)25(22)32)20-16-29(5,6)35-30(7,8)17-20/h9-13,19-20,34-35H,14-17H2,1-8H3. The molecule has 35 heavy (non-hydrogen) atoms. The van der Waals surface area contributed by atoms with Gasteiger partial charge in [0.15, 0.2) is 11.6 Å². The van der Waals surface area contributed by atoms with Gasteiger partial charge in [-0.2, -0.15) is 0 Å². The Hall–Kier alpha value is -1.85. The lowest BCUT2D eigenvalue weighted by Gasteiger charge is -2.47. The molecule has 0 saturated carbocycles. The number of hydrogen-bond acceptors (Lipinski definition) is 2. The molecule has 2 aliphatic heterocycles. The monoisotopic (exact) mass is 486 g/mol. The first-order valence-electron chi connectivity index (χ1n) is 12.8. The first kappa shape index (κ1) is 26.2. The molecule has 0 bridgehead atoms. The van der Waals surface area contributed by atoms with Crippen LogP contribution in [0.15, 0.2) is 30.3 Å². The summed E-state index contributed by atoms with van der Waals surface area (Å²) in [6.07, 6.45) is 3.07. The molecule has 0 aliphatic carbocycles. The van der Waals surface area contributed by atoms with E-state index in [1.807, 2.05) is 0 Å². The van der Waals surface area contributed by atoms with Crippen LogP contribution in [0, 0.1) is 17.5 Å². The van der Waals surface area contributed by atoms with E-state index in [0.29, 0.717) is 16.7 Å². The highest BCUT2D eigenvalue weighted by molar-refractivity contribution is 5.65. The molecule has 4 rings (SSSR count). The van der Waals surface area contributed by atoms with Crippen molar-refractivity contribution in [1.82, 2.24) is 10.6 Å². The first-order valence-corrected chi connectivity index (χ1v) is 12.8. The number of halogens is 3. The number of piperidine rings is 2. The van der Waals surface area contributed by atoms with Gasteiger partial charge in [-0.3, -0.25) is 0 Å². The third kappa shape index (κ3) is 5.61. The largest absolute Gasteiger partial charge is 0.307 e. The summed E-state index contributed by atoms with van der Waals surface area (Å²) in [5.74, 6) is -2.09. The van der Waals surface area contributed by atoms with Crippen LogP contribution in [0.3, 0.4) is 0 Å². The smallest absolute Gasteiger partial charge is 0.166 e. The van der Waals surface area contributed by atoms with Gasteiger partial charge in [0.1, 0.15) is 5.82 Å². The van der Waals surface area contributed by atoms with Crippen LogP contribution < -0.4 is 10.6 Å². The second-order valence-corrected chi connectivity index (χ2v) is 13.6. The molecule has 2 fully saturated rings. The van der Waals surface area contributed by atoms with Gasteiger partial charge >= 0.3 is 0 Å². The summed E-state index contributed by atoms with van der Waals surface area (Å²) in [6, 6.07) is 8.16. The molecule has 2 saturated heterocycles. The van der Waals surface area contributed by atoms with Gasteiger partial charge in [0, 0.05) is 27.7 Å². The van der Waals surface area contributed by atoms with Crippen LogP contribution in [-0.2, 0) is 0 Å². The van der Waals surface area contributed by atoms with E-state index in [0.717, 1.165) is 25.7 Å². The summed E-state index contributed by atoms with van der Waals surface area (Å²) < 4.78 is 46.1. The van der Waals surface area contributed by atoms with Gasteiger partial charge in [0.25, 0.3) is 0 Å². The summed E-state index contributed by atoms with van der Waals surface area (Å²) in [5.41, 5.74) is 0.955. The Morgan fingerprint density at radius 3 is 1.49 bits per heavy atom. The van der Waals surface area contributed by atoms with Gasteiger partial charge < -0.3 is 10.6 Å². The molecular formula is C30H41F3N2. The Labute approximate surface area is 209 Å². The average molecular weight is 487 g/mol. The SMILES string of the molecule is CC1(C)CC(c2ccc(-c3ccc(C4CC(C)(C)NC(C)(C)C4)c(F)c3F)cc2F)CC(C)(C)N1. The minimum Gasteiger partial charge on any atom is -0.307 e. The number of nitrogens with one attached hydrogen (secondary N) is 2. The number of rotatable bonds is 3. The second-order valence-electron chi connectivity index (χ2n) is 13.6. The normalized spacial score (nSPS) is 23.9. The summed E-state index contributed by atoms with van der Waals surface area (Å²) in [5, 5.41) is 7.22. The molecule has 2 aliphatic rings. The van der Waals surface area contributed by atoms with Crippen molar-refractivity contribution in [2.24, 2.45) is 0 Å². The molecule has 2 aromatic rings. The van der Waals surface area contributed by atoms with Crippen LogP contribution >= 0.6 is 0 Å². The van der Waals surface area contributed by atoms with Crippen LogP contribution in [0.5, 0.6) is 0 Å². The first-order chi connectivity index (χ1) is 16.0. The summed E-state index contributed by atoms with van der Waals surface area (Å²) in [4.78, 5) is 0. The minimum absolute atomic E-state index is 0.0610. The van der Waals surface area contributed by atoms with Crippen LogP contribution in [-0.4, -0.2) is 22.2 Å². The van der Waals surface area contributed by atoms with Crippen molar-refractivity contribution >= 4 is 0 Å². The van der Waals surface area contributed by atoms with Crippen molar-refractivity contribution in [2.45, 2.75) is 115 Å². The predicted molar refractivity (Wildman–Crippen MR) is 138 cm³/mol. The van der Waals surface area contributed by atoms with E-state index >= 15 is 13.2 Å². The van der Waals surface area contributed by atoms with Crippen LogP contribution in [0.1, 0.15) is 104 Å². The number of benzene rings is 2. The molecular weight excluding hydrogens is 445 g/mol. The third-order valence-electron chi connectivity index (χ3n) is 7.68. The van der Waals surface area contributed by atoms with Crippen molar-refractivity contribution in [3.8, 4) is 11.1 Å². The van der Waals surface area contributed by atoms with Gasteiger partial charge in [0.2, 0.25) is 0 Å². The molecule has 2 aromatic carbocycles. The van der Waals surface area contributed by atoms with E-state index in [9.17, 15) is 0 Å². The van der Waals surface area contributed by atoms with E-state index < -0.39 is 11.6 Å². The molecule has 0 amide bonds. The average Bonchev–Trinajstić information content (AvgIpc) is 2.65. The van der Waals surface area contributed by atoms with Crippen LogP contribution in [0.4, 0.5) is 13.2 Å². The highest BCUT2D eigenvalue weighted by Gasteiger charge is 2.40. The third-order valence-corrected chi connectivity index (χ3v) is 7.68. The molecule has 0 aromatic heterocycles. The van der Waals surface area contributed by atoms with E-state index in [1.54, 1.807) is 24.3 Å². The molecule has 0 unspecified atom stereocenters. The molecule has 0 atom stereocenters. The topological polar surface area (TPSA) is 24.1 Å². The fourth-order valence-corrected chi connectivity index (χ4v) is 7.21. The zero-order valence-electron chi connectivity index (χ0n) is 22.5. The summed E-state index contributed by atoms with van der Waals surface area (Å²) >= 11 is 0. The van der Waals surface area contributed by atoms with E-state index in [4.69, 9.17) is 0 Å². The summed E-state index contributed by atoms with van der Waals surface area (Å²) in [6.45, 7) is 16.9. The lowest BCUT2D eigenvalue weighted by atomic mass is 9.72. The van der Waals surface area contributed by atoms with Gasteiger partial charge in [0.05, 0.1) is 0 Å². The zero-order valence-corrected chi connectivity index (χ0v) is 22.5. The quantitative estimate of drug-likeness (QED) is 0.462. The molecule has 0 radical (unpaired) electrons. The van der Waals surface area contributed by atoms with Gasteiger partial charge in [-0.15, -0.1) is 0 Å². The maximum Gasteiger partial charge on any atom is 0.166 e. The van der Waals surface area contributed by atoms with E-state index in [2.05, 4.69) is 66.0 Å². The molecule has 2 N–H and O–H groups in total. The summed E-state index contributed by atoms with van der Waals surface area (Å²) in [7, 11) is 0. The molecule has 0 spiro atoms. The lowest BCUT2D eigenvalue weighted by Crippen LogP contribution is -2.57. The van der Waals surface area contributed by atoms with Crippen molar-refractivity contribution in [1.29, 1.82) is 0 Å². The van der Waals surface area contributed by atoms with Crippen molar-refractivity contribution in [3.05, 3.63) is 58.9 Å². The highest BCUT2D eigenvalue weighted by Crippen LogP contribution is 2.43. The van der Waals surface area contributed by atoms with Crippen molar-refractivity contribution in [3.63, 3.8) is 0 Å². The Morgan fingerprint density at radius 2 is 1.03 bits per heavy atom. The van der Waals surface area contributed by atoms with Crippen molar-refractivity contribution < 1.29 is 13.2 Å². The highest BCUT2D eigenvalue weighted by atomic mass is 19.2. The Bertz CT molecular complexity index is 1080. The fourth-order valence-electron chi connectivity index (χ4n) is 7.21. The maximum absolute atomic E-state index is 15.4. The minimum atomic E-state index is -0.895. The van der Waals surface area contributed by atoms with Gasteiger partial charge in [-0.1, -0.05) is 24.3 Å². The number of hydrogen-bond donors (Lipinski definition) is 2. The van der Waals surface area contributed by atoms with Crippen molar-refractivity contribution in [2.75, 3.05) is 0 Å². The van der Waals surface area contributed by atoms with Crippen LogP contribution in [0.2, 0.25) is 0 Å². The Kier molecular flexibility index (Phi) is 6.46. The second kappa shape index (κ2) is 8.62. The van der Waals surface area contributed by atoms with Crippen LogP contribution in [0.25, 0.3) is 11.1 Å². The zero-order chi connectivity index (χ0) is 26.0. The fraction of sp³-hybridized carbons (Fsp3) is 0.600. The Balaban J connectivity index is 1.64. The maximum atomic E-state index is 15.4. The lowest BCUT2D eigenvalue weighted by molar-refractivity contribution is 0.159.